The van der Waals surface area contributed by atoms with Crippen LogP contribution in [0, 0.1) is 6.92 Å². The molecular weight excluding hydrogens is 468 g/mol. The predicted molar refractivity (Wildman–Crippen MR) is 126 cm³/mol. The summed E-state index contributed by atoms with van der Waals surface area (Å²) in [6.45, 7) is 1.56. The molecular formula is C21H21ClN6O4S. The average Bonchev–Trinajstić information content (AvgIpc) is 3.05. The van der Waals surface area contributed by atoms with Crippen molar-refractivity contribution in [1.82, 2.24) is 19.7 Å². The lowest BCUT2D eigenvalue weighted by atomic mass is 10.2. The van der Waals surface area contributed by atoms with Crippen LogP contribution in [0.15, 0.2) is 47.4 Å². The van der Waals surface area contributed by atoms with E-state index in [-0.39, 0.29) is 27.4 Å². The van der Waals surface area contributed by atoms with Crippen molar-refractivity contribution in [3.05, 3.63) is 53.3 Å². The molecule has 2 aromatic heterocycles. The van der Waals surface area contributed by atoms with Crippen LogP contribution >= 0.6 is 11.6 Å². The molecule has 4 aromatic rings. The number of halogens is 1. The van der Waals surface area contributed by atoms with Gasteiger partial charge in [0, 0.05) is 30.9 Å². The fourth-order valence-corrected chi connectivity index (χ4v) is 5.03. The molecule has 4 rings (SSSR count). The van der Waals surface area contributed by atoms with Crippen LogP contribution in [0.4, 0.5) is 17.3 Å². The van der Waals surface area contributed by atoms with E-state index in [0.29, 0.717) is 28.2 Å². The molecule has 0 aliphatic heterocycles. The quantitative estimate of drug-likeness (QED) is 0.402. The first-order chi connectivity index (χ1) is 15.7. The number of nitrogens with zero attached hydrogens (tertiary/aromatic N) is 4. The summed E-state index contributed by atoms with van der Waals surface area (Å²) in [5.41, 5.74) is 1.91. The largest absolute Gasteiger partial charge is 0.497 e. The molecule has 0 unspecified atom stereocenters. The monoisotopic (exact) mass is 488 g/mol. The maximum Gasteiger partial charge on any atom is 0.268 e. The van der Waals surface area contributed by atoms with Crippen LogP contribution in [0.5, 0.6) is 11.5 Å². The second-order valence-electron chi connectivity index (χ2n) is 7.07. The molecule has 0 aliphatic carbocycles. The molecule has 33 heavy (non-hydrogen) atoms. The number of nitrogens with one attached hydrogen (secondary N) is 2. The minimum Gasteiger partial charge on any atom is -0.497 e. The Morgan fingerprint density at radius 1 is 0.970 bits per heavy atom. The summed E-state index contributed by atoms with van der Waals surface area (Å²) >= 11 is 6.20. The number of rotatable bonds is 7. The predicted octanol–water partition coefficient (Wildman–Crippen LogP) is 3.89. The van der Waals surface area contributed by atoms with Gasteiger partial charge in [0.05, 0.1) is 30.9 Å². The number of hydrogen-bond donors (Lipinski definition) is 2. The van der Waals surface area contributed by atoms with Crippen LogP contribution in [-0.2, 0) is 17.1 Å². The van der Waals surface area contributed by atoms with Gasteiger partial charge in [0.2, 0.25) is 0 Å². The Morgan fingerprint density at radius 3 is 2.06 bits per heavy atom. The Kier molecular flexibility index (Phi) is 6.00. The first kappa shape index (κ1) is 22.6. The molecule has 0 saturated heterocycles. The smallest absolute Gasteiger partial charge is 0.268 e. The van der Waals surface area contributed by atoms with Gasteiger partial charge < -0.3 is 14.8 Å². The zero-order valence-electron chi connectivity index (χ0n) is 18.2. The number of ether oxygens (including phenoxy) is 2. The number of para-hydroxylation sites is 2. The lowest BCUT2D eigenvalue weighted by molar-refractivity contribution is 0.395. The van der Waals surface area contributed by atoms with E-state index in [2.05, 4.69) is 25.1 Å². The van der Waals surface area contributed by atoms with Gasteiger partial charge >= 0.3 is 0 Å². The van der Waals surface area contributed by atoms with Crippen LogP contribution in [0.25, 0.3) is 11.0 Å². The number of methoxy groups -OCH3 is 2. The van der Waals surface area contributed by atoms with Crippen LogP contribution < -0.4 is 19.5 Å². The van der Waals surface area contributed by atoms with Crippen LogP contribution in [0.2, 0.25) is 5.15 Å². The lowest BCUT2D eigenvalue weighted by Crippen LogP contribution is -2.17. The SMILES string of the molecule is COc1cc(Nc2nc3ccccc3nc2NS(=O)(=O)c2c(C)nn(C)c2Cl)cc(OC)c1. The average molecular weight is 489 g/mol. The summed E-state index contributed by atoms with van der Waals surface area (Å²) in [7, 11) is 0.514. The van der Waals surface area contributed by atoms with Gasteiger partial charge in [0.15, 0.2) is 11.6 Å². The molecule has 2 heterocycles. The second-order valence-corrected chi connectivity index (χ2v) is 9.05. The first-order valence-corrected chi connectivity index (χ1v) is 11.6. The molecule has 0 spiro atoms. The normalized spacial score (nSPS) is 11.4. The van der Waals surface area contributed by atoms with Gasteiger partial charge in [0.1, 0.15) is 21.5 Å². The third kappa shape index (κ3) is 4.50. The van der Waals surface area contributed by atoms with Crippen molar-refractivity contribution in [2.45, 2.75) is 11.8 Å². The molecule has 0 amide bonds. The number of aryl methyl sites for hydroxylation is 2. The molecule has 0 fully saturated rings. The van der Waals surface area contributed by atoms with Crippen LogP contribution in [0.1, 0.15) is 5.69 Å². The highest BCUT2D eigenvalue weighted by molar-refractivity contribution is 7.92. The first-order valence-electron chi connectivity index (χ1n) is 9.70. The van der Waals surface area contributed by atoms with E-state index in [1.807, 2.05) is 6.07 Å². The van der Waals surface area contributed by atoms with Crippen molar-refractivity contribution in [2.75, 3.05) is 24.3 Å². The van der Waals surface area contributed by atoms with Gasteiger partial charge in [-0.05, 0) is 19.1 Å². The third-order valence-electron chi connectivity index (χ3n) is 4.78. The van der Waals surface area contributed by atoms with Crippen LogP contribution in [0.3, 0.4) is 0 Å². The highest BCUT2D eigenvalue weighted by atomic mass is 35.5. The highest BCUT2D eigenvalue weighted by Gasteiger charge is 2.27. The minimum atomic E-state index is -4.12. The van der Waals surface area contributed by atoms with Crippen molar-refractivity contribution in [1.29, 1.82) is 0 Å². The third-order valence-corrected chi connectivity index (χ3v) is 6.82. The molecule has 10 nitrogen and oxygen atoms in total. The van der Waals surface area contributed by atoms with E-state index in [1.54, 1.807) is 50.4 Å². The fraction of sp³-hybridized carbons (Fsp3) is 0.190. The van der Waals surface area contributed by atoms with Crippen molar-refractivity contribution >= 4 is 50.0 Å². The summed E-state index contributed by atoms with van der Waals surface area (Å²) in [6.07, 6.45) is 0. The number of sulfonamides is 1. The highest BCUT2D eigenvalue weighted by Crippen LogP contribution is 2.32. The van der Waals surface area contributed by atoms with Crippen molar-refractivity contribution < 1.29 is 17.9 Å². The topological polar surface area (TPSA) is 120 Å². The second kappa shape index (κ2) is 8.75. The summed E-state index contributed by atoms with van der Waals surface area (Å²) < 4.78 is 40.8. The molecule has 0 radical (unpaired) electrons. The Labute approximate surface area is 195 Å². The van der Waals surface area contributed by atoms with E-state index >= 15 is 0 Å². The molecule has 2 N–H and O–H groups in total. The van der Waals surface area contributed by atoms with Gasteiger partial charge in [-0.1, -0.05) is 23.7 Å². The van der Waals surface area contributed by atoms with Crippen molar-refractivity contribution in [3.8, 4) is 11.5 Å². The Bertz CT molecular complexity index is 1430. The van der Waals surface area contributed by atoms with E-state index in [9.17, 15) is 8.42 Å². The minimum absolute atomic E-state index is 0.00481. The number of anilines is 3. The summed E-state index contributed by atoms with van der Waals surface area (Å²) in [6, 6.07) is 12.3. The number of benzene rings is 2. The Balaban J connectivity index is 1.82. The van der Waals surface area contributed by atoms with E-state index in [0.717, 1.165) is 0 Å². The molecule has 0 bridgehead atoms. The van der Waals surface area contributed by atoms with E-state index in [1.165, 1.54) is 18.9 Å². The summed E-state index contributed by atoms with van der Waals surface area (Å²) in [5.74, 6) is 1.27. The van der Waals surface area contributed by atoms with Crippen molar-refractivity contribution in [2.24, 2.45) is 7.05 Å². The molecule has 0 saturated carbocycles. The van der Waals surface area contributed by atoms with Gasteiger partial charge in [-0.25, -0.2) is 18.4 Å². The zero-order chi connectivity index (χ0) is 23.8. The fourth-order valence-electron chi connectivity index (χ4n) is 3.27. The van der Waals surface area contributed by atoms with Gasteiger partial charge in [-0.3, -0.25) is 9.40 Å². The van der Waals surface area contributed by atoms with Gasteiger partial charge in [-0.2, -0.15) is 5.10 Å². The maximum absolute atomic E-state index is 13.2. The van der Waals surface area contributed by atoms with Crippen molar-refractivity contribution in [3.63, 3.8) is 0 Å². The molecule has 0 atom stereocenters. The standard InChI is InChI=1S/C21H21ClN6O4S/c1-12-18(19(22)28(2)26-12)33(29,30)27-21-20(24-16-7-5-6-8-17(16)25-21)23-13-9-14(31-3)11-15(10-13)32-4/h5-11H,1-4H3,(H,23,24)(H,25,27). The number of hydrogen-bond acceptors (Lipinski definition) is 8. The Hall–Kier alpha value is -3.57. The van der Waals surface area contributed by atoms with Crippen LogP contribution in [-0.4, -0.2) is 42.4 Å². The zero-order valence-corrected chi connectivity index (χ0v) is 19.8. The molecule has 2 aromatic carbocycles. The number of aromatic nitrogens is 4. The summed E-state index contributed by atoms with van der Waals surface area (Å²) in [4.78, 5) is 8.93. The Morgan fingerprint density at radius 2 is 1.55 bits per heavy atom. The van der Waals surface area contributed by atoms with Gasteiger partial charge in [-0.15, -0.1) is 0 Å². The van der Waals surface area contributed by atoms with E-state index < -0.39 is 10.0 Å². The molecule has 0 aliphatic rings. The summed E-state index contributed by atoms with van der Waals surface area (Å²) in [5, 5.41) is 7.18. The molecule has 172 valence electrons. The number of fused-ring (bicyclic) bond motifs is 1. The van der Waals surface area contributed by atoms with E-state index in [4.69, 9.17) is 21.1 Å². The maximum atomic E-state index is 13.2. The van der Waals surface area contributed by atoms with Gasteiger partial charge in [0.25, 0.3) is 10.0 Å². The molecule has 12 heteroatoms. The lowest BCUT2D eigenvalue weighted by Gasteiger charge is -2.15.